The molecule has 182 valence electrons. The maximum Gasteiger partial charge on any atom is 0.155 e. The van der Waals surface area contributed by atoms with Crippen LogP contribution >= 0.6 is 15.9 Å². The molecule has 8 nitrogen and oxygen atoms in total. The number of nitrogens with one attached hydrogen (secondary N) is 1. The molecular weight excluding hydrogens is 516 g/mol. The van der Waals surface area contributed by atoms with Gasteiger partial charge in [-0.15, -0.1) is 0 Å². The third-order valence-electron chi connectivity index (χ3n) is 7.19. The van der Waals surface area contributed by atoms with Gasteiger partial charge in [-0.3, -0.25) is 4.98 Å². The van der Waals surface area contributed by atoms with Crippen LogP contribution in [0.15, 0.2) is 29.1 Å². The van der Waals surface area contributed by atoms with Crippen LogP contribution in [0.1, 0.15) is 62.2 Å². The van der Waals surface area contributed by atoms with Gasteiger partial charge in [0.05, 0.1) is 40.3 Å². The Morgan fingerprint density at radius 2 is 2.06 bits per heavy atom. The van der Waals surface area contributed by atoms with Gasteiger partial charge in [-0.1, -0.05) is 6.07 Å². The van der Waals surface area contributed by atoms with E-state index < -0.39 is 11.0 Å². The van der Waals surface area contributed by atoms with Gasteiger partial charge in [0.1, 0.15) is 10.1 Å². The van der Waals surface area contributed by atoms with E-state index in [1.54, 1.807) is 6.20 Å². The number of aromatic nitrogens is 4. The Labute approximate surface area is 210 Å². The standard InChI is InChI=1S/C24H31BrN6O2S/c1-15-21(25)31-19(16(14-32)13-27-31)22(28-15)30-10-7-24(8-11-30)12-18-17(6-5-9-26-18)20(24)29-34(33)23(2,3)4/h5-6,9,13,20,29,32H,7-8,10-12,14H2,1-4H3/t20-,34?/m1/s1. The van der Waals surface area contributed by atoms with Crippen molar-refractivity contribution in [3.05, 3.63) is 51.6 Å². The molecule has 1 saturated heterocycles. The van der Waals surface area contributed by atoms with Crippen molar-refractivity contribution in [1.29, 1.82) is 0 Å². The number of aryl methyl sites for hydroxylation is 1. The Balaban J connectivity index is 1.47. The quantitative estimate of drug-likeness (QED) is 0.518. The smallest absolute Gasteiger partial charge is 0.155 e. The Morgan fingerprint density at radius 1 is 1.32 bits per heavy atom. The number of nitrogens with zero attached hydrogens (tertiary/aromatic N) is 5. The highest BCUT2D eigenvalue weighted by molar-refractivity contribution is 9.10. The summed E-state index contributed by atoms with van der Waals surface area (Å²) in [6.07, 6.45) is 6.29. The molecule has 2 atom stereocenters. The van der Waals surface area contributed by atoms with Crippen LogP contribution in [0.25, 0.3) is 5.52 Å². The number of hydrogen-bond acceptors (Lipinski definition) is 6. The van der Waals surface area contributed by atoms with Gasteiger partial charge >= 0.3 is 0 Å². The van der Waals surface area contributed by atoms with Gasteiger partial charge in [0.2, 0.25) is 0 Å². The lowest BCUT2D eigenvalue weighted by molar-refractivity contribution is 0.177. The minimum atomic E-state index is -1.18. The zero-order chi connectivity index (χ0) is 24.3. The van der Waals surface area contributed by atoms with Crippen LogP contribution in [0, 0.1) is 12.3 Å². The monoisotopic (exact) mass is 546 g/mol. The van der Waals surface area contributed by atoms with E-state index >= 15 is 0 Å². The molecule has 3 aromatic heterocycles. The third-order valence-corrected chi connectivity index (χ3v) is 9.67. The number of anilines is 1. The second-order valence-electron chi connectivity index (χ2n) is 10.4. The summed E-state index contributed by atoms with van der Waals surface area (Å²) in [6, 6.07) is 4.11. The molecule has 4 heterocycles. The van der Waals surface area contributed by atoms with Crippen LogP contribution in [0.2, 0.25) is 0 Å². The summed E-state index contributed by atoms with van der Waals surface area (Å²) in [5, 5.41) is 14.4. The first-order chi connectivity index (χ1) is 16.1. The molecule has 1 unspecified atom stereocenters. The first kappa shape index (κ1) is 23.8. The molecule has 1 spiro atoms. The predicted octanol–water partition coefficient (Wildman–Crippen LogP) is 3.62. The SMILES string of the molecule is Cc1nc(N2CCC3(CC2)Cc2ncccc2[C@H]3NS(=O)C(C)(C)C)c2c(CO)cnn2c1Br. The molecule has 0 bridgehead atoms. The molecule has 0 radical (unpaired) electrons. The number of halogens is 1. The molecule has 1 fully saturated rings. The van der Waals surface area contributed by atoms with E-state index in [2.05, 4.69) is 41.7 Å². The fourth-order valence-corrected chi connectivity index (χ4v) is 6.55. The minimum absolute atomic E-state index is 0.000935. The van der Waals surface area contributed by atoms with E-state index in [9.17, 15) is 9.32 Å². The van der Waals surface area contributed by atoms with Crippen LogP contribution < -0.4 is 9.62 Å². The summed E-state index contributed by atoms with van der Waals surface area (Å²) in [7, 11) is -1.18. The van der Waals surface area contributed by atoms with Gasteiger partial charge in [-0.25, -0.2) is 18.4 Å². The number of fused-ring (bicyclic) bond motifs is 2. The fourth-order valence-electron chi connectivity index (χ4n) is 5.24. The fraction of sp³-hybridized carbons (Fsp3) is 0.542. The predicted molar refractivity (Wildman–Crippen MR) is 137 cm³/mol. The largest absolute Gasteiger partial charge is 0.392 e. The Kier molecular flexibility index (Phi) is 6.07. The van der Waals surface area contributed by atoms with Crippen LogP contribution in [-0.4, -0.2) is 46.7 Å². The van der Waals surface area contributed by atoms with Crippen molar-refractivity contribution in [3.63, 3.8) is 0 Å². The average molecular weight is 548 g/mol. The highest BCUT2D eigenvalue weighted by Gasteiger charge is 2.49. The van der Waals surface area contributed by atoms with E-state index in [-0.39, 0.29) is 22.8 Å². The number of hydrogen-bond donors (Lipinski definition) is 2. The molecular formula is C24H31BrN6O2S. The van der Waals surface area contributed by atoms with Gasteiger partial charge < -0.3 is 10.0 Å². The normalized spacial score (nSPS) is 20.8. The molecule has 1 aliphatic carbocycles. The highest BCUT2D eigenvalue weighted by atomic mass is 79.9. The molecule has 0 aromatic carbocycles. The topological polar surface area (TPSA) is 95.7 Å². The van der Waals surface area contributed by atoms with Crippen molar-refractivity contribution in [2.45, 2.75) is 64.4 Å². The first-order valence-electron chi connectivity index (χ1n) is 11.6. The van der Waals surface area contributed by atoms with Gasteiger partial charge in [0.15, 0.2) is 5.82 Å². The molecule has 2 N–H and O–H groups in total. The van der Waals surface area contributed by atoms with Crippen LogP contribution in [-0.2, 0) is 24.0 Å². The molecule has 10 heteroatoms. The van der Waals surface area contributed by atoms with E-state index in [1.807, 2.05) is 44.5 Å². The second-order valence-corrected chi connectivity index (χ2v) is 13.1. The van der Waals surface area contributed by atoms with Gasteiger partial charge in [-0.2, -0.15) is 5.10 Å². The van der Waals surface area contributed by atoms with Crippen molar-refractivity contribution >= 4 is 38.3 Å². The third kappa shape index (κ3) is 3.88. The Morgan fingerprint density at radius 3 is 2.74 bits per heavy atom. The maximum absolute atomic E-state index is 13.1. The number of rotatable bonds is 4. The minimum Gasteiger partial charge on any atom is -0.392 e. The van der Waals surface area contributed by atoms with E-state index in [1.165, 1.54) is 5.56 Å². The van der Waals surface area contributed by atoms with Crippen molar-refractivity contribution in [3.8, 4) is 0 Å². The first-order valence-corrected chi connectivity index (χ1v) is 13.6. The van der Waals surface area contributed by atoms with Crippen molar-refractivity contribution < 1.29 is 9.32 Å². The molecule has 5 rings (SSSR count). The van der Waals surface area contributed by atoms with Crippen molar-refractivity contribution in [2.24, 2.45) is 5.41 Å². The summed E-state index contributed by atoms with van der Waals surface area (Å²) in [5.74, 6) is 0.855. The summed E-state index contributed by atoms with van der Waals surface area (Å²) in [6.45, 7) is 9.50. The molecule has 3 aromatic rings. The number of aliphatic hydroxyl groups is 1. The van der Waals surface area contributed by atoms with E-state index in [4.69, 9.17) is 4.98 Å². The molecule has 1 aliphatic heterocycles. The van der Waals surface area contributed by atoms with Gasteiger partial charge in [0, 0.05) is 30.5 Å². The Hall–Kier alpha value is -1.88. The highest BCUT2D eigenvalue weighted by Crippen LogP contribution is 2.52. The van der Waals surface area contributed by atoms with E-state index in [0.717, 1.165) is 65.2 Å². The lowest BCUT2D eigenvalue weighted by atomic mass is 9.73. The summed E-state index contributed by atoms with van der Waals surface area (Å²) in [4.78, 5) is 11.9. The van der Waals surface area contributed by atoms with Crippen molar-refractivity contribution in [2.75, 3.05) is 18.0 Å². The Bertz CT molecular complexity index is 1260. The van der Waals surface area contributed by atoms with Gasteiger partial charge in [-0.05, 0) is 79.9 Å². The van der Waals surface area contributed by atoms with E-state index in [0.29, 0.717) is 0 Å². The summed E-state index contributed by atoms with van der Waals surface area (Å²) < 4.78 is 18.9. The summed E-state index contributed by atoms with van der Waals surface area (Å²) in [5.41, 5.74) is 4.70. The van der Waals surface area contributed by atoms with Crippen LogP contribution in [0.3, 0.4) is 0 Å². The molecule has 0 saturated carbocycles. The van der Waals surface area contributed by atoms with Crippen molar-refractivity contribution in [1.82, 2.24) is 24.3 Å². The zero-order valence-corrected chi connectivity index (χ0v) is 22.4. The summed E-state index contributed by atoms with van der Waals surface area (Å²) >= 11 is 3.59. The number of pyridine rings is 1. The van der Waals surface area contributed by atoms with Crippen LogP contribution in [0.5, 0.6) is 0 Å². The zero-order valence-electron chi connectivity index (χ0n) is 20.0. The average Bonchev–Trinajstić information content (AvgIpc) is 3.36. The maximum atomic E-state index is 13.1. The molecule has 34 heavy (non-hydrogen) atoms. The lowest BCUT2D eigenvalue weighted by Crippen LogP contribution is -2.48. The number of aliphatic hydroxyl groups excluding tert-OH is 1. The lowest BCUT2D eigenvalue weighted by Gasteiger charge is -2.44. The van der Waals surface area contributed by atoms with Crippen LogP contribution in [0.4, 0.5) is 5.82 Å². The molecule has 2 aliphatic rings. The van der Waals surface area contributed by atoms with Gasteiger partial charge in [0.25, 0.3) is 0 Å². The number of piperidine rings is 1. The molecule has 0 amide bonds. The second kappa shape index (κ2) is 8.65.